The van der Waals surface area contributed by atoms with Crippen LogP contribution in [0.4, 0.5) is 0 Å². The average Bonchev–Trinajstić information content (AvgIpc) is 2.70. The molecule has 130 valence electrons. The van der Waals surface area contributed by atoms with Gasteiger partial charge >= 0.3 is 11.5 Å². The Morgan fingerprint density at radius 1 is 0.423 bits per heavy atom. The van der Waals surface area contributed by atoms with Gasteiger partial charge in [-0.05, 0) is 29.8 Å². The van der Waals surface area contributed by atoms with Gasteiger partial charge in [0.2, 0.25) is 0 Å². The minimum absolute atomic E-state index is 0. The average molecular weight is 470 g/mol. The molecular formula is C23H18Br2O. The summed E-state index contributed by atoms with van der Waals surface area (Å²) in [6, 6.07) is 35.1. The number of hydrogen-bond donors (Lipinski definition) is 0. The van der Waals surface area contributed by atoms with Crippen LogP contribution in [-0.4, -0.2) is 0 Å². The van der Waals surface area contributed by atoms with Gasteiger partial charge in [-0.25, -0.2) is 4.42 Å². The third-order valence-electron chi connectivity index (χ3n) is 4.02. The first-order chi connectivity index (χ1) is 11.9. The summed E-state index contributed by atoms with van der Waals surface area (Å²) in [7, 11) is 0. The van der Waals surface area contributed by atoms with Crippen LogP contribution >= 0.6 is 17.0 Å². The van der Waals surface area contributed by atoms with E-state index in [1.54, 1.807) is 0 Å². The van der Waals surface area contributed by atoms with E-state index in [4.69, 9.17) is 4.42 Å². The second-order valence-corrected chi connectivity index (χ2v) is 5.67. The van der Waals surface area contributed by atoms with Gasteiger partial charge in [0, 0.05) is 5.56 Å². The van der Waals surface area contributed by atoms with E-state index in [1.165, 1.54) is 5.56 Å². The van der Waals surface area contributed by atoms with E-state index in [0.717, 1.165) is 28.2 Å². The van der Waals surface area contributed by atoms with Crippen molar-refractivity contribution >= 4 is 17.0 Å². The molecule has 4 rings (SSSR count). The predicted molar refractivity (Wildman–Crippen MR) is 110 cm³/mol. The molecule has 0 aliphatic heterocycles. The summed E-state index contributed by atoms with van der Waals surface area (Å²) >= 11 is 0. The summed E-state index contributed by atoms with van der Waals surface area (Å²) < 4.78 is 6.21. The summed E-state index contributed by atoms with van der Waals surface area (Å²) in [6.45, 7) is 0. The molecule has 0 aliphatic carbocycles. The fraction of sp³-hybridized carbons (Fsp3) is 0. The van der Waals surface area contributed by atoms with E-state index >= 15 is 0 Å². The predicted octanol–water partition coefficient (Wildman–Crippen LogP) is 4.14. The van der Waals surface area contributed by atoms with Crippen LogP contribution in [0.3, 0.4) is 0 Å². The highest BCUT2D eigenvalue weighted by Gasteiger charge is 2.20. The first-order valence-electron chi connectivity index (χ1n) is 8.04. The maximum absolute atomic E-state index is 6.21. The van der Waals surface area contributed by atoms with Crippen LogP contribution in [-0.2, 0) is 0 Å². The lowest BCUT2D eigenvalue weighted by molar-refractivity contribution is -0.00000522. The standard InChI is InChI=1S/C23H17O.2BrH/c1-4-10-18(11-5-1)21-16-22(19-12-6-2-7-13-19)24-23(17-21)20-14-8-3-9-15-20;;/h1-17H;2*1H/q+1;;/p-1. The van der Waals surface area contributed by atoms with Gasteiger partial charge in [-0.3, -0.25) is 0 Å². The van der Waals surface area contributed by atoms with E-state index in [-0.39, 0.29) is 34.0 Å². The molecule has 1 aromatic heterocycles. The second kappa shape index (κ2) is 9.46. The van der Waals surface area contributed by atoms with E-state index in [2.05, 4.69) is 60.7 Å². The van der Waals surface area contributed by atoms with Crippen LogP contribution < -0.4 is 17.0 Å². The van der Waals surface area contributed by atoms with Crippen molar-refractivity contribution in [3.63, 3.8) is 0 Å². The fourth-order valence-corrected chi connectivity index (χ4v) is 2.79. The maximum Gasteiger partial charge on any atom is 0.361 e. The van der Waals surface area contributed by atoms with Crippen molar-refractivity contribution in [3.8, 4) is 33.8 Å². The topological polar surface area (TPSA) is 11.3 Å². The maximum atomic E-state index is 6.21. The van der Waals surface area contributed by atoms with Crippen LogP contribution in [0.25, 0.3) is 33.8 Å². The Balaban J connectivity index is 0.00000121. The molecule has 1 nitrogen and oxygen atoms in total. The Labute approximate surface area is 174 Å². The summed E-state index contributed by atoms with van der Waals surface area (Å²) in [5.74, 6) is 1.74. The van der Waals surface area contributed by atoms with Crippen molar-refractivity contribution in [1.82, 2.24) is 0 Å². The monoisotopic (exact) mass is 468 g/mol. The lowest BCUT2D eigenvalue weighted by Crippen LogP contribution is -3.00. The zero-order chi connectivity index (χ0) is 16.2. The summed E-state index contributed by atoms with van der Waals surface area (Å²) in [6.07, 6.45) is 0. The van der Waals surface area contributed by atoms with Crippen molar-refractivity contribution in [2.45, 2.75) is 0 Å². The molecule has 0 saturated carbocycles. The molecule has 0 unspecified atom stereocenters. The lowest BCUT2D eigenvalue weighted by Gasteiger charge is -2.02. The fourth-order valence-electron chi connectivity index (χ4n) is 2.79. The molecule has 1 heterocycles. The summed E-state index contributed by atoms with van der Waals surface area (Å²) in [5.41, 5.74) is 4.49. The Bertz CT molecular complexity index is 800. The first kappa shape index (κ1) is 20.1. The third kappa shape index (κ3) is 4.48. The molecule has 0 bridgehead atoms. The summed E-state index contributed by atoms with van der Waals surface area (Å²) in [4.78, 5) is 0. The van der Waals surface area contributed by atoms with Gasteiger partial charge in [-0.1, -0.05) is 66.7 Å². The highest BCUT2D eigenvalue weighted by atomic mass is 79.9. The van der Waals surface area contributed by atoms with Gasteiger partial charge in [-0.15, -0.1) is 17.0 Å². The molecule has 0 amide bonds. The van der Waals surface area contributed by atoms with Gasteiger partial charge in [-0.2, -0.15) is 0 Å². The van der Waals surface area contributed by atoms with E-state index in [1.807, 2.05) is 42.5 Å². The van der Waals surface area contributed by atoms with Crippen LogP contribution in [0.1, 0.15) is 0 Å². The molecule has 0 radical (unpaired) electrons. The zero-order valence-electron chi connectivity index (χ0n) is 14.0. The molecule has 0 atom stereocenters. The molecule has 26 heavy (non-hydrogen) atoms. The number of halogens is 2. The van der Waals surface area contributed by atoms with E-state index in [9.17, 15) is 0 Å². The van der Waals surface area contributed by atoms with Crippen molar-refractivity contribution < 1.29 is 21.4 Å². The molecule has 0 fully saturated rings. The van der Waals surface area contributed by atoms with Gasteiger partial charge in [0.25, 0.3) is 0 Å². The Kier molecular flexibility index (Phi) is 7.31. The smallest absolute Gasteiger partial charge is 0.361 e. The van der Waals surface area contributed by atoms with E-state index in [0.29, 0.717) is 0 Å². The minimum Gasteiger partial charge on any atom is -1.00 e. The van der Waals surface area contributed by atoms with Gasteiger partial charge in [0.15, 0.2) is 0 Å². The largest absolute Gasteiger partial charge is 1.00 e. The molecular weight excluding hydrogens is 452 g/mol. The SMILES string of the molecule is Br.[Br-].c1ccc(-c2cc(-c3ccccc3)[o+]c(-c3ccccc3)c2)cc1. The van der Waals surface area contributed by atoms with E-state index < -0.39 is 0 Å². The van der Waals surface area contributed by atoms with Gasteiger partial charge in [0.1, 0.15) is 0 Å². The summed E-state index contributed by atoms with van der Waals surface area (Å²) in [5, 5.41) is 0. The Hall–Kier alpha value is -2.23. The van der Waals surface area contributed by atoms with Crippen molar-refractivity contribution in [3.05, 3.63) is 103 Å². The third-order valence-corrected chi connectivity index (χ3v) is 4.02. The van der Waals surface area contributed by atoms with Crippen LogP contribution in [0.5, 0.6) is 0 Å². The number of hydrogen-bond acceptors (Lipinski definition) is 0. The second-order valence-electron chi connectivity index (χ2n) is 5.67. The highest BCUT2D eigenvalue weighted by Crippen LogP contribution is 2.32. The van der Waals surface area contributed by atoms with Gasteiger partial charge in [0.05, 0.1) is 23.3 Å². The molecule has 0 N–H and O–H groups in total. The van der Waals surface area contributed by atoms with Crippen molar-refractivity contribution in [1.29, 1.82) is 0 Å². The van der Waals surface area contributed by atoms with Crippen LogP contribution in [0, 0.1) is 0 Å². The molecule has 3 heteroatoms. The minimum atomic E-state index is 0. The van der Waals surface area contributed by atoms with Gasteiger partial charge < -0.3 is 17.0 Å². The van der Waals surface area contributed by atoms with Crippen LogP contribution in [0.2, 0.25) is 0 Å². The zero-order valence-corrected chi connectivity index (χ0v) is 17.3. The normalized spacial score (nSPS) is 9.69. The Morgan fingerprint density at radius 3 is 1.15 bits per heavy atom. The van der Waals surface area contributed by atoms with Crippen molar-refractivity contribution in [2.75, 3.05) is 0 Å². The van der Waals surface area contributed by atoms with Crippen molar-refractivity contribution in [2.24, 2.45) is 0 Å². The highest BCUT2D eigenvalue weighted by molar-refractivity contribution is 8.93. The quantitative estimate of drug-likeness (QED) is 0.410. The Morgan fingerprint density at radius 2 is 0.769 bits per heavy atom. The molecule has 3 aromatic carbocycles. The number of benzene rings is 3. The molecule has 0 saturated heterocycles. The number of rotatable bonds is 3. The van der Waals surface area contributed by atoms with Crippen LogP contribution in [0.15, 0.2) is 108 Å². The molecule has 4 aromatic rings. The molecule has 0 spiro atoms. The first-order valence-corrected chi connectivity index (χ1v) is 8.04. The molecule has 0 aliphatic rings. The lowest BCUT2D eigenvalue weighted by atomic mass is 10.0.